The third-order valence-electron chi connectivity index (χ3n) is 1.57. The Kier molecular flexibility index (Phi) is 3.58. The van der Waals surface area contributed by atoms with Crippen molar-refractivity contribution < 1.29 is 9.84 Å². The van der Waals surface area contributed by atoms with Crippen LogP contribution in [-0.2, 0) is 0 Å². The predicted octanol–water partition coefficient (Wildman–Crippen LogP) is 2.41. The van der Waals surface area contributed by atoms with Crippen LogP contribution in [0.3, 0.4) is 0 Å². The van der Waals surface area contributed by atoms with Crippen LogP contribution in [0.1, 0.15) is 12.5 Å². The standard InChI is InChI=1S/C10H13ClO2/c1-7-3-4-9(11)10(5-7)13-6-8(2)12/h3-5,8,12H,6H2,1-2H3/t8-/m0/s1. The maximum absolute atomic E-state index is 9.01. The molecule has 1 aromatic rings. The summed E-state index contributed by atoms with van der Waals surface area (Å²) in [6.07, 6.45) is -0.475. The number of aliphatic hydroxyl groups excluding tert-OH is 1. The predicted molar refractivity (Wildman–Crippen MR) is 53.4 cm³/mol. The molecule has 0 heterocycles. The van der Waals surface area contributed by atoms with Crippen LogP contribution in [0.25, 0.3) is 0 Å². The fourth-order valence-corrected chi connectivity index (χ4v) is 1.10. The third-order valence-corrected chi connectivity index (χ3v) is 1.88. The molecule has 2 nitrogen and oxygen atoms in total. The largest absolute Gasteiger partial charge is 0.489 e. The van der Waals surface area contributed by atoms with Gasteiger partial charge < -0.3 is 9.84 Å². The number of rotatable bonds is 3. The lowest BCUT2D eigenvalue weighted by Crippen LogP contribution is -2.12. The molecule has 0 radical (unpaired) electrons. The fourth-order valence-electron chi connectivity index (χ4n) is 0.932. The summed E-state index contributed by atoms with van der Waals surface area (Å²) < 4.78 is 5.30. The van der Waals surface area contributed by atoms with Gasteiger partial charge in [-0.1, -0.05) is 17.7 Å². The molecule has 1 N–H and O–H groups in total. The molecule has 72 valence electrons. The summed E-state index contributed by atoms with van der Waals surface area (Å²) in [6.45, 7) is 3.90. The smallest absolute Gasteiger partial charge is 0.138 e. The number of aliphatic hydroxyl groups is 1. The van der Waals surface area contributed by atoms with Crippen molar-refractivity contribution in [3.05, 3.63) is 28.8 Å². The van der Waals surface area contributed by atoms with Crippen molar-refractivity contribution in [1.82, 2.24) is 0 Å². The number of benzene rings is 1. The van der Waals surface area contributed by atoms with Crippen LogP contribution < -0.4 is 4.74 Å². The zero-order valence-electron chi connectivity index (χ0n) is 7.75. The Balaban J connectivity index is 2.70. The summed E-state index contributed by atoms with van der Waals surface area (Å²) >= 11 is 5.87. The van der Waals surface area contributed by atoms with E-state index in [2.05, 4.69) is 0 Å². The highest BCUT2D eigenvalue weighted by Gasteiger charge is 2.02. The van der Waals surface area contributed by atoms with Crippen LogP contribution in [0, 0.1) is 6.92 Å². The zero-order chi connectivity index (χ0) is 9.84. The average Bonchev–Trinajstić information content (AvgIpc) is 2.06. The minimum Gasteiger partial charge on any atom is -0.489 e. The van der Waals surface area contributed by atoms with Gasteiger partial charge in [0.05, 0.1) is 11.1 Å². The van der Waals surface area contributed by atoms with E-state index in [0.29, 0.717) is 10.8 Å². The van der Waals surface area contributed by atoms with E-state index >= 15 is 0 Å². The molecule has 3 heteroatoms. The Hall–Kier alpha value is -0.730. The van der Waals surface area contributed by atoms with Gasteiger partial charge in [0.25, 0.3) is 0 Å². The first kappa shape index (κ1) is 10.4. The molecule has 13 heavy (non-hydrogen) atoms. The monoisotopic (exact) mass is 200 g/mol. The lowest BCUT2D eigenvalue weighted by molar-refractivity contribution is 0.123. The second-order valence-corrected chi connectivity index (χ2v) is 3.50. The molecule has 0 aliphatic carbocycles. The maximum Gasteiger partial charge on any atom is 0.138 e. The summed E-state index contributed by atoms with van der Waals surface area (Å²) in [7, 11) is 0. The van der Waals surface area contributed by atoms with Crippen molar-refractivity contribution in [1.29, 1.82) is 0 Å². The van der Waals surface area contributed by atoms with Gasteiger partial charge in [-0.25, -0.2) is 0 Å². The first-order chi connectivity index (χ1) is 6.09. The first-order valence-electron chi connectivity index (χ1n) is 4.16. The van der Waals surface area contributed by atoms with Crippen LogP contribution in [0.5, 0.6) is 5.75 Å². The summed E-state index contributed by atoms with van der Waals surface area (Å²) in [5.74, 6) is 0.627. The molecule has 1 atom stereocenters. The van der Waals surface area contributed by atoms with Crippen molar-refractivity contribution in [2.45, 2.75) is 20.0 Å². The molecule has 0 aliphatic heterocycles. The van der Waals surface area contributed by atoms with Gasteiger partial charge >= 0.3 is 0 Å². The molecule has 0 fully saturated rings. The Morgan fingerprint density at radius 1 is 1.54 bits per heavy atom. The van der Waals surface area contributed by atoms with Gasteiger partial charge in [-0.3, -0.25) is 0 Å². The lowest BCUT2D eigenvalue weighted by atomic mass is 10.2. The topological polar surface area (TPSA) is 29.5 Å². The molecule has 0 aliphatic rings. The number of halogens is 1. The number of hydrogen-bond donors (Lipinski definition) is 1. The van der Waals surface area contributed by atoms with Crippen molar-refractivity contribution in [3.63, 3.8) is 0 Å². The number of hydrogen-bond acceptors (Lipinski definition) is 2. The van der Waals surface area contributed by atoms with Gasteiger partial charge in [-0.2, -0.15) is 0 Å². The van der Waals surface area contributed by atoms with Gasteiger partial charge in [0, 0.05) is 0 Å². The second-order valence-electron chi connectivity index (χ2n) is 3.09. The molecule has 0 saturated heterocycles. The molecule has 0 saturated carbocycles. The van der Waals surface area contributed by atoms with Crippen LogP contribution in [0.15, 0.2) is 18.2 Å². The maximum atomic E-state index is 9.01. The Bertz CT molecular complexity index is 284. The fraction of sp³-hybridized carbons (Fsp3) is 0.400. The van der Waals surface area contributed by atoms with E-state index in [4.69, 9.17) is 21.4 Å². The zero-order valence-corrected chi connectivity index (χ0v) is 8.51. The molecule has 0 bridgehead atoms. The minimum atomic E-state index is -0.475. The minimum absolute atomic E-state index is 0.267. The Labute approximate surface area is 83.1 Å². The molecule has 0 spiro atoms. The SMILES string of the molecule is Cc1ccc(Cl)c(OC[C@H](C)O)c1. The van der Waals surface area contributed by atoms with E-state index < -0.39 is 6.10 Å². The normalized spacial score (nSPS) is 12.6. The highest BCUT2D eigenvalue weighted by atomic mass is 35.5. The number of ether oxygens (including phenoxy) is 1. The first-order valence-corrected chi connectivity index (χ1v) is 4.54. The third kappa shape index (κ3) is 3.25. The van der Waals surface area contributed by atoms with Gasteiger partial charge in [0.2, 0.25) is 0 Å². The molecular weight excluding hydrogens is 188 g/mol. The van der Waals surface area contributed by atoms with Crippen molar-refractivity contribution in [2.75, 3.05) is 6.61 Å². The van der Waals surface area contributed by atoms with Crippen LogP contribution in [0.2, 0.25) is 5.02 Å². The second kappa shape index (κ2) is 4.49. The quantitative estimate of drug-likeness (QED) is 0.812. The molecular formula is C10H13ClO2. The van der Waals surface area contributed by atoms with Crippen molar-refractivity contribution >= 4 is 11.6 Å². The van der Waals surface area contributed by atoms with Gasteiger partial charge in [0.15, 0.2) is 0 Å². The van der Waals surface area contributed by atoms with Crippen LogP contribution in [0.4, 0.5) is 0 Å². The van der Waals surface area contributed by atoms with Gasteiger partial charge in [-0.05, 0) is 31.5 Å². The van der Waals surface area contributed by atoms with Gasteiger partial charge in [-0.15, -0.1) is 0 Å². The van der Waals surface area contributed by atoms with E-state index in [1.54, 1.807) is 13.0 Å². The van der Waals surface area contributed by atoms with E-state index in [1.165, 1.54) is 0 Å². The average molecular weight is 201 g/mol. The summed E-state index contributed by atoms with van der Waals surface area (Å²) in [5.41, 5.74) is 1.09. The highest BCUT2D eigenvalue weighted by Crippen LogP contribution is 2.25. The van der Waals surface area contributed by atoms with E-state index in [-0.39, 0.29) is 6.61 Å². The van der Waals surface area contributed by atoms with E-state index in [9.17, 15) is 0 Å². The Morgan fingerprint density at radius 2 is 2.23 bits per heavy atom. The molecule has 1 rings (SSSR count). The molecule has 0 unspecified atom stereocenters. The summed E-state index contributed by atoms with van der Waals surface area (Å²) in [6, 6.07) is 5.55. The van der Waals surface area contributed by atoms with Gasteiger partial charge in [0.1, 0.15) is 12.4 Å². The van der Waals surface area contributed by atoms with Crippen molar-refractivity contribution in [2.24, 2.45) is 0 Å². The summed E-state index contributed by atoms with van der Waals surface area (Å²) in [5, 5.41) is 9.58. The molecule has 0 amide bonds. The van der Waals surface area contributed by atoms with Crippen molar-refractivity contribution in [3.8, 4) is 5.75 Å². The molecule has 0 aromatic heterocycles. The van der Waals surface area contributed by atoms with E-state index in [0.717, 1.165) is 5.56 Å². The highest BCUT2D eigenvalue weighted by molar-refractivity contribution is 6.32. The lowest BCUT2D eigenvalue weighted by Gasteiger charge is -2.09. The Morgan fingerprint density at radius 3 is 2.85 bits per heavy atom. The van der Waals surface area contributed by atoms with E-state index in [1.807, 2.05) is 19.1 Å². The molecule has 1 aromatic carbocycles. The van der Waals surface area contributed by atoms with Crippen LogP contribution >= 0.6 is 11.6 Å². The number of aryl methyl sites for hydroxylation is 1. The van der Waals surface area contributed by atoms with Crippen LogP contribution in [-0.4, -0.2) is 17.8 Å². The summed E-state index contributed by atoms with van der Waals surface area (Å²) in [4.78, 5) is 0.